The Hall–Kier alpha value is -2.24. The van der Waals surface area contributed by atoms with Crippen molar-refractivity contribution in [3.63, 3.8) is 0 Å². The lowest BCUT2D eigenvalue weighted by Gasteiger charge is -2.22. The van der Waals surface area contributed by atoms with Gasteiger partial charge in [0, 0.05) is 5.56 Å². The average Bonchev–Trinajstić information content (AvgIpc) is 2.83. The summed E-state index contributed by atoms with van der Waals surface area (Å²) in [6.07, 6.45) is -0.00424. The van der Waals surface area contributed by atoms with E-state index in [1.165, 1.54) is 0 Å². The van der Waals surface area contributed by atoms with Crippen molar-refractivity contribution in [2.45, 2.75) is 39.2 Å². The van der Waals surface area contributed by atoms with E-state index in [4.69, 9.17) is 5.11 Å². The van der Waals surface area contributed by atoms with E-state index >= 15 is 0 Å². The van der Waals surface area contributed by atoms with Crippen LogP contribution in [-0.2, 0) is 16.8 Å². The second kappa shape index (κ2) is 5.40. The highest BCUT2D eigenvalue weighted by Crippen LogP contribution is 2.31. The second-order valence-corrected chi connectivity index (χ2v) is 5.66. The van der Waals surface area contributed by atoms with Gasteiger partial charge in [-0.05, 0) is 21.4 Å². The van der Waals surface area contributed by atoms with Crippen LogP contribution in [0.15, 0.2) is 24.3 Å². The van der Waals surface area contributed by atoms with Crippen LogP contribution in [0.3, 0.4) is 0 Å². The van der Waals surface area contributed by atoms with E-state index in [-0.39, 0.29) is 18.4 Å². The molecule has 0 bridgehead atoms. The monoisotopic (exact) mass is 274 g/mol. The van der Waals surface area contributed by atoms with Gasteiger partial charge in [-0.25, -0.2) is 4.68 Å². The largest absolute Gasteiger partial charge is 0.481 e. The van der Waals surface area contributed by atoms with Gasteiger partial charge in [0.05, 0.1) is 13.0 Å². The van der Waals surface area contributed by atoms with Gasteiger partial charge < -0.3 is 5.11 Å². The Morgan fingerprint density at radius 1 is 1.30 bits per heavy atom. The van der Waals surface area contributed by atoms with E-state index in [9.17, 15) is 4.79 Å². The van der Waals surface area contributed by atoms with Gasteiger partial charge in [-0.2, -0.15) is 0 Å². The third-order valence-electron chi connectivity index (χ3n) is 3.05. The molecule has 1 aromatic carbocycles. The van der Waals surface area contributed by atoms with Crippen molar-refractivity contribution in [2.75, 3.05) is 0 Å². The summed E-state index contributed by atoms with van der Waals surface area (Å²) in [5.74, 6) is -0.257. The smallest absolute Gasteiger partial charge is 0.305 e. The molecule has 2 rings (SSSR count). The zero-order chi connectivity index (χ0) is 14.8. The first-order valence-corrected chi connectivity index (χ1v) is 6.47. The predicted octanol–water partition coefficient (Wildman–Crippen LogP) is 2.11. The third kappa shape index (κ3) is 3.01. The summed E-state index contributed by atoms with van der Waals surface area (Å²) >= 11 is 0. The number of benzene rings is 1. The SMILES string of the molecule is CC(C)(C)c1ccccc1-c1nnnn1CCC(=O)O. The maximum Gasteiger partial charge on any atom is 0.305 e. The number of rotatable bonds is 4. The fraction of sp³-hybridized carbons (Fsp3) is 0.429. The van der Waals surface area contributed by atoms with Crippen molar-refractivity contribution < 1.29 is 9.90 Å². The molecule has 0 saturated heterocycles. The van der Waals surface area contributed by atoms with Gasteiger partial charge in [0.15, 0.2) is 5.82 Å². The Labute approximate surface area is 117 Å². The molecule has 1 aromatic heterocycles. The fourth-order valence-electron chi connectivity index (χ4n) is 2.08. The van der Waals surface area contributed by atoms with Gasteiger partial charge in [-0.15, -0.1) is 5.10 Å². The Kier molecular flexibility index (Phi) is 3.83. The quantitative estimate of drug-likeness (QED) is 0.923. The molecular weight excluding hydrogens is 256 g/mol. The average molecular weight is 274 g/mol. The van der Waals surface area contributed by atoms with Crippen LogP contribution < -0.4 is 0 Å². The maximum atomic E-state index is 10.7. The van der Waals surface area contributed by atoms with Crippen molar-refractivity contribution in [3.8, 4) is 11.4 Å². The number of hydrogen-bond donors (Lipinski definition) is 1. The predicted molar refractivity (Wildman–Crippen MR) is 74.2 cm³/mol. The van der Waals surface area contributed by atoms with Crippen LogP contribution in [0.2, 0.25) is 0 Å². The number of aliphatic carboxylic acids is 1. The van der Waals surface area contributed by atoms with Crippen LogP contribution >= 0.6 is 0 Å². The van der Waals surface area contributed by atoms with Gasteiger partial charge >= 0.3 is 5.97 Å². The first kappa shape index (κ1) is 14.2. The molecule has 0 aliphatic carbocycles. The Morgan fingerprint density at radius 2 is 2.00 bits per heavy atom. The number of carboxylic acid groups (broad SMARTS) is 1. The van der Waals surface area contributed by atoms with Crippen molar-refractivity contribution in [3.05, 3.63) is 29.8 Å². The molecule has 0 spiro atoms. The van der Waals surface area contributed by atoms with Crippen LogP contribution in [0, 0.1) is 0 Å². The number of carbonyl (C=O) groups is 1. The van der Waals surface area contributed by atoms with Gasteiger partial charge in [-0.1, -0.05) is 45.0 Å². The van der Waals surface area contributed by atoms with Gasteiger partial charge in [0.2, 0.25) is 0 Å². The van der Waals surface area contributed by atoms with Crippen molar-refractivity contribution in [2.24, 2.45) is 0 Å². The highest BCUT2D eigenvalue weighted by atomic mass is 16.4. The van der Waals surface area contributed by atoms with Crippen molar-refractivity contribution in [1.82, 2.24) is 20.2 Å². The van der Waals surface area contributed by atoms with Crippen molar-refractivity contribution >= 4 is 5.97 Å². The lowest BCUT2D eigenvalue weighted by atomic mass is 9.83. The summed E-state index contributed by atoms with van der Waals surface area (Å²) in [7, 11) is 0. The first-order valence-electron chi connectivity index (χ1n) is 6.47. The molecule has 6 heteroatoms. The van der Waals surface area contributed by atoms with Crippen LogP contribution in [0.25, 0.3) is 11.4 Å². The first-order chi connectivity index (χ1) is 9.39. The molecule has 0 aliphatic heterocycles. The third-order valence-corrected chi connectivity index (χ3v) is 3.05. The summed E-state index contributed by atoms with van der Waals surface area (Å²) < 4.78 is 1.54. The number of aromatic nitrogens is 4. The van der Waals surface area contributed by atoms with E-state index in [2.05, 4.69) is 36.3 Å². The van der Waals surface area contributed by atoms with Crippen LogP contribution in [0.5, 0.6) is 0 Å². The minimum absolute atomic E-state index is 0.00424. The molecular formula is C14H18N4O2. The highest BCUT2D eigenvalue weighted by molar-refractivity contribution is 5.67. The van der Waals surface area contributed by atoms with E-state index in [1.54, 1.807) is 4.68 Å². The summed E-state index contributed by atoms with van der Waals surface area (Å²) in [4.78, 5) is 10.7. The molecule has 20 heavy (non-hydrogen) atoms. The second-order valence-electron chi connectivity index (χ2n) is 5.66. The molecule has 1 N–H and O–H groups in total. The molecule has 0 atom stereocenters. The number of hydrogen-bond acceptors (Lipinski definition) is 4. The van der Waals surface area contributed by atoms with Gasteiger partial charge in [-0.3, -0.25) is 4.79 Å². The molecule has 0 radical (unpaired) electrons. The molecule has 0 amide bonds. The number of carboxylic acids is 1. The Morgan fingerprint density at radius 3 is 2.65 bits per heavy atom. The van der Waals surface area contributed by atoms with Gasteiger partial charge in [0.1, 0.15) is 0 Å². The molecule has 1 heterocycles. The number of nitrogens with zero attached hydrogens (tertiary/aromatic N) is 4. The molecule has 0 unspecified atom stereocenters. The fourth-order valence-corrected chi connectivity index (χ4v) is 2.08. The zero-order valence-electron chi connectivity index (χ0n) is 11.9. The molecule has 106 valence electrons. The molecule has 0 aliphatic rings. The van der Waals surface area contributed by atoms with E-state index < -0.39 is 5.97 Å². The minimum Gasteiger partial charge on any atom is -0.481 e. The minimum atomic E-state index is -0.865. The summed E-state index contributed by atoms with van der Waals surface area (Å²) in [6, 6.07) is 7.92. The lowest BCUT2D eigenvalue weighted by Crippen LogP contribution is -2.14. The normalized spacial score (nSPS) is 11.6. The number of aryl methyl sites for hydroxylation is 1. The van der Waals surface area contributed by atoms with Crippen molar-refractivity contribution in [1.29, 1.82) is 0 Å². The standard InChI is InChI=1S/C14H18N4O2/c1-14(2,3)11-7-5-4-6-10(11)13-15-16-17-18(13)9-8-12(19)20/h4-7H,8-9H2,1-3H3,(H,19,20). The highest BCUT2D eigenvalue weighted by Gasteiger charge is 2.21. The van der Waals surface area contributed by atoms with Crippen LogP contribution in [0.4, 0.5) is 0 Å². The molecule has 0 fully saturated rings. The molecule has 6 nitrogen and oxygen atoms in total. The zero-order valence-corrected chi connectivity index (χ0v) is 11.9. The summed E-state index contributed by atoms with van der Waals surface area (Å²) in [5, 5.41) is 20.4. The van der Waals surface area contributed by atoms with Crippen LogP contribution in [-0.4, -0.2) is 31.3 Å². The topological polar surface area (TPSA) is 80.9 Å². The Bertz CT molecular complexity index is 614. The molecule has 2 aromatic rings. The molecule has 0 saturated carbocycles. The van der Waals surface area contributed by atoms with E-state index in [0.717, 1.165) is 11.1 Å². The lowest BCUT2D eigenvalue weighted by molar-refractivity contribution is -0.137. The van der Waals surface area contributed by atoms with E-state index in [0.29, 0.717) is 5.82 Å². The maximum absolute atomic E-state index is 10.7. The Balaban J connectivity index is 2.43. The van der Waals surface area contributed by atoms with Crippen LogP contribution in [0.1, 0.15) is 32.8 Å². The van der Waals surface area contributed by atoms with Gasteiger partial charge in [0.25, 0.3) is 0 Å². The van der Waals surface area contributed by atoms with E-state index in [1.807, 2.05) is 24.3 Å². The number of tetrazole rings is 1. The summed E-state index contributed by atoms with van der Waals surface area (Å²) in [6.45, 7) is 6.63. The summed E-state index contributed by atoms with van der Waals surface area (Å²) in [5.41, 5.74) is 2.03.